The quantitative estimate of drug-likeness (QED) is 0.533. The van der Waals surface area contributed by atoms with Gasteiger partial charge >= 0.3 is 0 Å². The predicted molar refractivity (Wildman–Crippen MR) is 75.2 cm³/mol. The molecule has 2 rings (SSSR count). The Hall–Kier alpha value is -2.22. The number of anilines is 2. The van der Waals surface area contributed by atoms with Gasteiger partial charge in [0, 0.05) is 24.4 Å². The van der Waals surface area contributed by atoms with Crippen LogP contribution in [0.2, 0.25) is 0 Å². The van der Waals surface area contributed by atoms with E-state index in [1.54, 1.807) is 0 Å². The molecule has 0 unspecified atom stereocenters. The van der Waals surface area contributed by atoms with Crippen LogP contribution >= 0.6 is 0 Å². The summed E-state index contributed by atoms with van der Waals surface area (Å²) in [4.78, 5) is 12.9. The summed E-state index contributed by atoms with van der Waals surface area (Å²) in [6, 6.07) is 0. The van der Waals surface area contributed by atoms with Crippen molar-refractivity contribution in [3.8, 4) is 0 Å². The van der Waals surface area contributed by atoms with Gasteiger partial charge in [0.15, 0.2) is 6.33 Å². The zero-order chi connectivity index (χ0) is 14.5. The van der Waals surface area contributed by atoms with Gasteiger partial charge in [0.25, 0.3) is 0 Å². The maximum atomic E-state index is 5.49. The van der Waals surface area contributed by atoms with Gasteiger partial charge in [0.1, 0.15) is 17.5 Å². The summed E-state index contributed by atoms with van der Waals surface area (Å²) in [7, 11) is 0. The SMILES string of the molecule is Cc1c(NN)nc(C(C)C)nc1NCCc1ncno1. The summed E-state index contributed by atoms with van der Waals surface area (Å²) in [5.41, 5.74) is 3.48. The second-order valence-electron chi connectivity index (χ2n) is 4.71. The molecule has 0 aliphatic carbocycles. The van der Waals surface area contributed by atoms with E-state index in [9.17, 15) is 0 Å². The van der Waals surface area contributed by atoms with Gasteiger partial charge in [-0.15, -0.1) is 0 Å². The van der Waals surface area contributed by atoms with E-state index in [1.165, 1.54) is 6.33 Å². The van der Waals surface area contributed by atoms with Gasteiger partial charge in [-0.3, -0.25) is 0 Å². The molecule has 2 heterocycles. The Morgan fingerprint density at radius 1 is 1.30 bits per heavy atom. The van der Waals surface area contributed by atoms with E-state index in [0.29, 0.717) is 24.7 Å². The fourth-order valence-electron chi connectivity index (χ4n) is 1.70. The van der Waals surface area contributed by atoms with Crippen LogP contribution in [0.5, 0.6) is 0 Å². The number of hydrogen-bond acceptors (Lipinski definition) is 8. The lowest BCUT2D eigenvalue weighted by Gasteiger charge is -2.14. The number of hydrazine groups is 1. The van der Waals surface area contributed by atoms with Crippen molar-refractivity contribution in [3.05, 3.63) is 23.6 Å². The highest BCUT2D eigenvalue weighted by atomic mass is 16.5. The van der Waals surface area contributed by atoms with Gasteiger partial charge in [-0.1, -0.05) is 19.0 Å². The molecule has 20 heavy (non-hydrogen) atoms. The minimum Gasteiger partial charge on any atom is -0.369 e. The van der Waals surface area contributed by atoms with Crippen molar-refractivity contribution >= 4 is 11.6 Å². The van der Waals surface area contributed by atoms with Gasteiger partial charge in [-0.25, -0.2) is 15.8 Å². The summed E-state index contributed by atoms with van der Waals surface area (Å²) in [6.45, 7) is 6.62. The van der Waals surface area contributed by atoms with E-state index in [0.717, 1.165) is 17.2 Å². The Balaban J connectivity index is 2.11. The van der Waals surface area contributed by atoms with Crippen molar-refractivity contribution in [2.45, 2.75) is 33.1 Å². The molecule has 4 N–H and O–H groups in total. The van der Waals surface area contributed by atoms with Crippen LogP contribution in [-0.2, 0) is 6.42 Å². The molecule has 0 aliphatic rings. The second-order valence-corrected chi connectivity index (χ2v) is 4.71. The van der Waals surface area contributed by atoms with Gasteiger partial charge in [0.05, 0.1) is 0 Å². The first-order valence-electron chi connectivity index (χ1n) is 6.46. The largest absolute Gasteiger partial charge is 0.369 e. The fraction of sp³-hybridized carbons (Fsp3) is 0.500. The number of nitrogens with two attached hydrogens (primary N) is 1. The second kappa shape index (κ2) is 6.29. The topological polar surface area (TPSA) is 115 Å². The molecule has 0 spiro atoms. The molecule has 0 saturated carbocycles. The molecule has 2 aromatic rings. The fourth-order valence-corrected chi connectivity index (χ4v) is 1.70. The zero-order valence-electron chi connectivity index (χ0n) is 11.8. The third-order valence-electron chi connectivity index (χ3n) is 2.85. The molecule has 0 aromatic carbocycles. The zero-order valence-corrected chi connectivity index (χ0v) is 11.8. The average molecular weight is 277 g/mol. The standard InChI is InChI=1S/C12H19N7O/c1-7(2)10-17-11(8(3)12(18-10)19-13)14-5-4-9-15-6-16-20-9/h6-7H,4-5,13H2,1-3H3,(H2,14,17,18,19). The van der Waals surface area contributed by atoms with E-state index in [2.05, 4.69) is 30.9 Å². The molecule has 0 aliphatic heterocycles. The Bertz CT molecular complexity index is 553. The van der Waals surface area contributed by atoms with Crippen molar-refractivity contribution in [2.75, 3.05) is 17.3 Å². The highest BCUT2D eigenvalue weighted by Gasteiger charge is 2.12. The van der Waals surface area contributed by atoms with E-state index < -0.39 is 0 Å². The van der Waals surface area contributed by atoms with Crippen LogP contribution in [0.25, 0.3) is 0 Å². The summed E-state index contributed by atoms with van der Waals surface area (Å²) in [5.74, 6) is 8.43. The summed E-state index contributed by atoms with van der Waals surface area (Å²) in [6.07, 6.45) is 2.02. The molecule has 0 atom stereocenters. The van der Waals surface area contributed by atoms with Crippen LogP contribution in [0.1, 0.15) is 37.0 Å². The number of nitrogen functional groups attached to an aromatic ring is 1. The van der Waals surface area contributed by atoms with Gasteiger partial charge in [-0.05, 0) is 6.92 Å². The third-order valence-corrected chi connectivity index (χ3v) is 2.85. The normalized spacial score (nSPS) is 10.8. The molecule has 0 radical (unpaired) electrons. The van der Waals surface area contributed by atoms with Gasteiger partial charge in [0.2, 0.25) is 5.89 Å². The molecule has 0 fully saturated rings. The van der Waals surface area contributed by atoms with Crippen molar-refractivity contribution in [1.29, 1.82) is 0 Å². The highest BCUT2D eigenvalue weighted by Crippen LogP contribution is 2.22. The van der Waals surface area contributed by atoms with Crippen molar-refractivity contribution < 1.29 is 4.52 Å². The lowest BCUT2D eigenvalue weighted by atomic mass is 10.2. The highest BCUT2D eigenvalue weighted by molar-refractivity contribution is 5.56. The molecule has 2 aromatic heterocycles. The van der Waals surface area contributed by atoms with E-state index in [1.807, 2.05) is 20.8 Å². The molecule has 0 saturated heterocycles. The van der Waals surface area contributed by atoms with Crippen molar-refractivity contribution in [3.63, 3.8) is 0 Å². The average Bonchev–Trinajstić information content (AvgIpc) is 2.93. The number of nitrogens with zero attached hydrogens (tertiary/aromatic N) is 4. The Labute approximate surface area is 117 Å². The maximum absolute atomic E-state index is 5.49. The molecular weight excluding hydrogens is 258 g/mol. The minimum absolute atomic E-state index is 0.221. The summed E-state index contributed by atoms with van der Waals surface area (Å²) < 4.78 is 4.94. The lowest BCUT2D eigenvalue weighted by molar-refractivity contribution is 0.379. The maximum Gasteiger partial charge on any atom is 0.228 e. The molecule has 0 amide bonds. The van der Waals surface area contributed by atoms with Crippen LogP contribution < -0.4 is 16.6 Å². The van der Waals surface area contributed by atoms with Crippen molar-refractivity contribution in [2.24, 2.45) is 5.84 Å². The van der Waals surface area contributed by atoms with Gasteiger partial charge < -0.3 is 15.3 Å². The smallest absolute Gasteiger partial charge is 0.228 e. The monoisotopic (exact) mass is 277 g/mol. The molecule has 8 heteroatoms. The number of hydrogen-bond donors (Lipinski definition) is 3. The van der Waals surface area contributed by atoms with Crippen LogP contribution in [0.3, 0.4) is 0 Å². The van der Waals surface area contributed by atoms with Crippen LogP contribution in [-0.4, -0.2) is 26.7 Å². The predicted octanol–water partition coefficient (Wildman–Crippen LogP) is 1.23. The number of rotatable bonds is 6. The molecule has 108 valence electrons. The van der Waals surface area contributed by atoms with Gasteiger partial charge in [-0.2, -0.15) is 4.98 Å². The first kappa shape index (κ1) is 14.2. The summed E-state index contributed by atoms with van der Waals surface area (Å²) in [5, 5.41) is 6.81. The Kier molecular flexibility index (Phi) is 4.46. The lowest BCUT2D eigenvalue weighted by Crippen LogP contribution is -2.16. The molecule has 0 bridgehead atoms. The van der Waals surface area contributed by atoms with E-state index in [-0.39, 0.29) is 5.92 Å². The van der Waals surface area contributed by atoms with Crippen LogP contribution in [0.15, 0.2) is 10.9 Å². The first-order valence-corrected chi connectivity index (χ1v) is 6.46. The van der Waals surface area contributed by atoms with Crippen molar-refractivity contribution in [1.82, 2.24) is 20.1 Å². The Morgan fingerprint density at radius 2 is 2.05 bits per heavy atom. The molecule has 8 nitrogen and oxygen atoms in total. The first-order chi connectivity index (χ1) is 9.61. The molecular formula is C12H19N7O. The van der Waals surface area contributed by atoms with Crippen LogP contribution in [0.4, 0.5) is 11.6 Å². The van der Waals surface area contributed by atoms with Crippen LogP contribution in [0, 0.1) is 6.92 Å². The third kappa shape index (κ3) is 3.21. The number of aromatic nitrogens is 4. The summed E-state index contributed by atoms with van der Waals surface area (Å²) >= 11 is 0. The number of nitrogens with one attached hydrogen (secondary N) is 2. The van der Waals surface area contributed by atoms with E-state index >= 15 is 0 Å². The van der Waals surface area contributed by atoms with E-state index in [4.69, 9.17) is 10.4 Å². The minimum atomic E-state index is 0.221. The Morgan fingerprint density at radius 3 is 2.65 bits per heavy atom.